The van der Waals surface area contributed by atoms with E-state index >= 15 is 0 Å². The van der Waals surface area contributed by atoms with Crippen LogP contribution >= 0.6 is 0 Å². The summed E-state index contributed by atoms with van der Waals surface area (Å²) in [6.45, 7) is 3.73. The maximum Gasteiger partial charge on any atom is 0.275 e. The number of hydrazine groups is 1. The molecule has 0 unspecified atom stereocenters. The van der Waals surface area contributed by atoms with Gasteiger partial charge in [0.15, 0.2) is 17.9 Å². The lowest BCUT2D eigenvalue weighted by Gasteiger charge is -2.29. The number of carbonyl (C=O) groups is 2. The van der Waals surface area contributed by atoms with Gasteiger partial charge in [-0.1, -0.05) is 37.3 Å². The molecule has 1 N–H and O–H groups in total. The largest absolute Gasteiger partial charge is 0.496 e. The van der Waals surface area contributed by atoms with Gasteiger partial charge in [-0.15, -0.1) is 0 Å². The molecule has 42 heavy (non-hydrogen) atoms. The number of rotatable bonds is 9. The summed E-state index contributed by atoms with van der Waals surface area (Å²) < 4.78 is 25.4. The first-order valence-corrected chi connectivity index (χ1v) is 13.5. The molecule has 0 saturated heterocycles. The number of halogens is 1. The highest BCUT2D eigenvalue weighted by molar-refractivity contribution is 6.10. The van der Waals surface area contributed by atoms with Crippen LogP contribution in [0.5, 0.6) is 17.2 Å². The number of aryl methyl sites for hydroxylation is 1. The average Bonchev–Trinajstić information content (AvgIpc) is 3.27. The van der Waals surface area contributed by atoms with Gasteiger partial charge in [0.1, 0.15) is 11.5 Å². The van der Waals surface area contributed by atoms with E-state index < -0.39 is 5.82 Å². The van der Waals surface area contributed by atoms with E-state index in [1.54, 1.807) is 64.6 Å². The third kappa shape index (κ3) is 7.70. The number of benzene rings is 2. The number of anilines is 1. The van der Waals surface area contributed by atoms with Crippen LogP contribution in [-0.4, -0.2) is 55.4 Å². The lowest BCUT2D eigenvalue weighted by Crippen LogP contribution is -2.41. The lowest BCUT2D eigenvalue weighted by atomic mass is 10.1. The van der Waals surface area contributed by atoms with Crippen LogP contribution in [0.1, 0.15) is 25.8 Å². The fourth-order valence-electron chi connectivity index (χ4n) is 4.23. The third-order valence-corrected chi connectivity index (χ3v) is 6.42. The number of aromatic nitrogens is 1. The van der Waals surface area contributed by atoms with Gasteiger partial charge in [0.05, 0.1) is 23.9 Å². The molecule has 3 aromatic rings. The van der Waals surface area contributed by atoms with Gasteiger partial charge in [-0.25, -0.2) is 14.4 Å². The van der Waals surface area contributed by atoms with Gasteiger partial charge >= 0.3 is 0 Å². The molecule has 1 heterocycles. The van der Waals surface area contributed by atoms with Gasteiger partial charge in [0.2, 0.25) is 0 Å². The van der Waals surface area contributed by atoms with Crippen LogP contribution in [0.4, 0.5) is 10.1 Å². The van der Waals surface area contributed by atoms with E-state index in [2.05, 4.69) is 17.2 Å². The third-order valence-electron chi connectivity index (χ3n) is 6.42. The Hall–Kier alpha value is -4.76. The van der Waals surface area contributed by atoms with E-state index in [1.807, 2.05) is 42.5 Å². The number of methoxy groups -OCH3 is 1. The zero-order valence-electron chi connectivity index (χ0n) is 24.8. The normalized spacial score (nSPS) is 12.7. The Labute approximate surface area is 246 Å². The minimum Gasteiger partial charge on any atom is -0.496 e. The molecule has 220 valence electrons. The van der Waals surface area contributed by atoms with Gasteiger partial charge in [-0.05, 0) is 55.7 Å². The molecule has 0 atom stereocenters. The predicted octanol–water partition coefficient (Wildman–Crippen LogP) is 6.62. The van der Waals surface area contributed by atoms with Crippen molar-refractivity contribution in [1.29, 1.82) is 0 Å². The highest BCUT2D eigenvalue weighted by atomic mass is 19.1. The molecule has 0 bridgehead atoms. The highest BCUT2D eigenvalue weighted by Crippen LogP contribution is 2.34. The second kappa shape index (κ2) is 15.3. The molecule has 0 fully saturated rings. The van der Waals surface area contributed by atoms with Crippen molar-refractivity contribution in [1.82, 2.24) is 15.0 Å². The molecule has 1 aliphatic carbocycles. The maximum absolute atomic E-state index is 14.2. The maximum atomic E-state index is 14.2. The molecule has 1 aliphatic rings. The Bertz CT molecular complexity index is 1540. The van der Waals surface area contributed by atoms with Crippen molar-refractivity contribution in [3.05, 3.63) is 102 Å². The first-order chi connectivity index (χ1) is 20.3. The number of allylic oxidation sites excluding steroid dienone is 6. The van der Waals surface area contributed by atoms with E-state index in [0.717, 1.165) is 40.8 Å². The van der Waals surface area contributed by atoms with Crippen LogP contribution < -0.4 is 14.8 Å². The predicted molar refractivity (Wildman–Crippen MR) is 165 cm³/mol. The number of pyridine rings is 1. The first kappa shape index (κ1) is 31.8. The fourth-order valence-corrected chi connectivity index (χ4v) is 4.23. The number of carbonyl (C=O) groups excluding carboxylic acids is 2. The number of hydrogen-bond acceptors (Lipinski definition) is 7. The highest BCUT2D eigenvalue weighted by Gasteiger charge is 2.22. The van der Waals surface area contributed by atoms with Crippen LogP contribution in [0.25, 0.3) is 10.9 Å². The molecule has 0 spiro atoms. The molecule has 8 nitrogen and oxygen atoms in total. The molecule has 1 amide bonds. The zero-order chi connectivity index (χ0) is 30.6. The standard InChI is InChI=1S/C19H19FN2O2.C14H18N2O2/c1-4-12-9-14-16(11-19(12)23-3)22-8-7-17(14)24-18-6-5-13(21-2)10-15(18)20;1-4-12(11-17)14(18)16(15(2)3)13-9-7-5-6-8-10-13/h5-11,21H,4H2,1-3H3;4-7,9-11H,8H2,1-3H3/b;12-4+. The number of ether oxygens (including phenoxy) is 2. The van der Waals surface area contributed by atoms with Crippen LogP contribution in [0.3, 0.4) is 0 Å². The van der Waals surface area contributed by atoms with Crippen LogP contribution in [-0.2, 0) is 16.0 Å². The van der Waals surface area contributed by atoms with Gasteiger partial charge in [0, 0.05) is 50.5 Å². The van der Waals surface area contributed by atoms with E-state index in [1.165, 1.54) is 17.2 Å². The number of fused-ring (bicyclic) bond motifs is 1. The van der Waals surface area contributed by atoms with Gasteiger partial charge in [-0.2, -0.15) is 0 Å². The first-order valence-electron chi connectivity index (χ1n) is 13.5. The average molecular weight is 573 g/mol. The van der Waals surface area contributed by atoms with Crippen molar-refractivity contribution in [3.63, 3.8) is 0 Å². The van der Waals surface area contributed by atoms with E-state index in [4.69, 9.17) is 9.47 Å². The van der Waals surface area contributed by atoms with Crippen molar-refractivity contribution >= 4 is 28.8 Å². The summed E-state index contributed by atoms with van der Waals surface area (Å²) in [6, 6.07) is 10.4. The molecule has 2 aromatic carbocycles. The summed E-state index contributed by atoms with van der Waals surface area (Å²) in [7, 11) is 6.91. The van der Waals surface area contributed by atoms with Crippen LogP contribution in [0, 0.1) is 5.82 Å². The Morgan fingerprint density at radius 1 is 1.12 bits per heavy atom. The Balaban J connectivity index is 0.000000241. The van der Waals surface area contributed by atoms with E-state index in [0.29, 0.717) is 17.7 Å². The van der Waals surface area contributed by atoms with E-state index in [9.17, 15) is 14.0 Å². The molecule has 0 radical (unpaired) electrons. The smallest absolute Gasteiger partial charge is 0.275 e. The van der Waals surface area contributed by atoms with Crippen LogP contribution in [0.15, 0.2) is 90.3 Å². The monoisotopic (exact) mass is 572 g/mol. The lowest BCUT2D eigenvalue weighted by molar-refractivity contribution is -0.136. The minimum absolute atomic E-state index is 0.148. The summed E-state index contributed by atoms with van der Waals surface area (Å²) in [6.07, 6.45) is 14.9. The molecule has 0 aliphatic heterocycles. The Kier molecular flexibility index (Phi) is 11.6. The quantitative estimate of drug-likeness (QED) is 0.101. The van der Waals surface area contributed by atoms with Crippen molar-refractivity contribution in [2.75, 3.05) is 33.6 Å². The molecule has 0 saturated carbocycles. The zero-order valence-corrected chi connectivity index (χ0v) is 24.8. The summed E-state index contributed by atoms with van der Waals surface area (Å²) in [5.74, 6) is 0.786. The molecule has 9 heteroatoms. The molecular weight excluding hydrogens is 535 g/mol. The summed E-state index contributed by atoms with van der Waals surface area (Å²) in [4.78, 5) is 27.5. The number of amides is 1. The fraction of sp³-hybridized carbons (Fsp3) is 0.242. The Morgan fingerprint density at radius 2 is 1.90 bits per heavy atom. The van der Waals surface area contributed by atoms with Crippen molar-refractivity contribution in [2.24, 2.45) is 0 Å². The number of nitrogens with one attached hydrogen (secondary N) is 1. The topological polar surface area (TPSA) is 84.0 Å². The Morgan fingerprint density at radius 3 is 2.52 bits per heavy atom. The van der Waals surface area contributed by atoms with Crippen molar-refractivity contribution in [2.45, 2.75) is 26.7 Å². The SMILES string of the molecule is C/C=C(\C=O)C(=O)N(C1=CCC=CC=C1)N(C)C.CCc1cc2c(Oc3ccc(NC)cc3F)ccnc2cc1OC. The minimum atomic E-state index is -0.420. The van der Waals surface area contributed by atoms with Gasteiger partial charge in [-0.3, -0.25) is 14.6 Å². The van der Waals surface area contributed by atoms with Gasteiger partial charge < -0.3 is 14.8 Å². The molecule has 1 aromatic heterocycles. The molecule has 4 rings (SSSR count). The van der Waals surface area contributed by atoms with Crippen LogP contribution in [0.2, 0.25) is 0 Å². The van der Waals surface area contributed by atoms with Crippen molar-refractivity contribution < 1.29 is 23.5 Å². The summed E-state index contributed by atoms with van der Waals surface area (Å²) in [5.41, 5.74) is 3.39. The summed E-state index contributed by atoms with van der Waals surface area (Å²) in [5, 5.41) is 6.87. The summed E-state index contributed by atoms with van der Waals surface area (Å²) >= 11 is 0. The number of aldehydes is 1. The number of hydrogen-bond donors (Lipinski definition) is 1. The van der Waals surface area contributed by atoms with Gasteiger partial charge in [0.25, 0.3) is 5.91 Å². The molecular formula is C33H37FN4O4. The second-order valence-corrected chi connectivity index (χ2v) is 9.32. The van der Waals surface area contributed by atoms with Crippen molar-refractivity contribution in [3.8, 4) is 17.2 Å². The van der Waals surface area contributed by atoms with E-state index in [-0.39, 0.29) is 17.2 Å². The number of nitrogens with zero attached hydrogens (tertiary/aromatic N) is 3. The second-order valence-electron chi connectivity index (χ2n) is 9.32.